The normalized spacial score (nSPS) is 10.4. The molecule has 1 aromatic heterocycles. The molecule has 3 nitrogen and oxygen atoms in total. The van der Waals surface area contributed by atoms with Crippen LogP contribution in [0.15, 0.2) is 30.9 Å². The monoisotopic (exact) mass is 234 g/mol. The van der Waals surface area contributed by atoms with Crippen LogP contribution in [0.25, 0.3) is 0 Å². The van der Waals surface area contributed by atoms with Gasteiger partial charge in [0, 0.05) is 13.2 Å². The fraction of sp³-hybridized carbons (Fsp3) is 0.500. The Balaban J connectivity index is 2.29. The van der Waals surface area contributed by atoms with Gasteiger partial charge in [-0.3, -0.25) is 4.98 Å². The second-order valence-electron chi connectivity index (χ2n) is 3.88. The summed E-state index contributed by atoms with van der Waals surface area (Å²) < 4.78 is 5.55. The molecule has 0 spiro atoms. The molecule has 0 aliphatic carbocycles. The number of aromatic nitrogens is 1. The Kier molecular flexibility index (Phi) is 7.27. The van der Waals surface area contributed by atoms with E-state index in [1.807, 2.05) is 24.3 Å². The van der Waals surface area contributed by atoms with E-state index in [4.69, 9.17) is 4.74 Å². The van der Waals surface area contributed by atoms with E-state index in [1.54, 1.807) is 0 Å². The van der Waals surface area contributed by atoms with Gasteiger partial charge in [0.1, 0.15) is 0 Å². The third-order valence-electron chi connectivity index (χ3n) is 2.37. The number of nitrogens with zero attached hydrogens (tertiary/aromatic N) is 1. The van der Waals surface area contributed by atoms with Crippen molar-refractivity contribution in [2.45, 2.75) is 32.9 Å². The van der Waals surface area contributed by atoms with Crippen LogP contribution < -0.4 is 5.32 Å². The molecule has 0 bridgehead atoms. The minimum atomic E-state index is 0.594. The Morgan fingerprint density at radius 1 is 1.41 bits per heavy atom. The fourth-order valence-electron chi connectivity index (χ4n) is 1.47. The van der Waals surface area contributed by atoms with Gasteiger partial charge in [-0.2, -0.15) is 0 Å². The van der Waals surface area contributed by atoms with Crippen LogP contribution in [0.2, 0.25) is 0 Å². The van der Waals surface area contributed by atoms with Crippen LogP contribution in [0.5, 0.6) is 0 Å². The van der Waals surface area contributed by atoms with Crippen LogP contribution in [0.3, 0.4) is 0 Å². The quantitative estimate of drug-likeness (QED) is 0.527. The van der Waals surface area contributed by atoms with Crippen molar-refractivity contribution in [2.75, 3.05) is 13.2 Å². The van der Waals surface area contributed by atoms with E-state index in [2.05, 4.69) is 23.8 Å². The van der Waals surface area contributed by atoms with Crippen molar-refractivity contribution in [3.8, 4) is 0 Å². The van der Waals surface area contributed by atoms with E-state index >= 15 is 0 Å². The first kappa shape index (κ1) is 13.9. The molecule has 1 heterocycles. The first-order valence-electron chi connectivity index (χ1n) is 6.21. The highest BCUT2D eigenvalue weighted by atomic mass is 16.5. The van der Waals surface area contributed by atoms with Crippen molar-refractivity contribution in [3.05, 3.63) is 42.2 Å². The smallest absolute Gasteiger partial charge is 0.0887 e. The van der Waals surface area contributed by atoms with Crippen molar-refractivity contribution in [1.82, 2.24) is 10.3 Å². The van der Waals surface area contributed by atoms with Gasteiger partial charge in [0.25, 0.3) is 0 Å². The van der Waals surface area contributed by atoms with Crippen molar-refractivity contribution < 1.29 is 4.74 Å². The third-order valence-corrected chi connectivity index (χ3v) is 2.37. The summed E-state index contributed by atoms with van der Waals surface area (Å²) in [4.78, 5) is 4.52. The first-order valence-corrected chi connectivity index (χ1v) is 6.21. The van der Waals surface area contributed by atoms with Crippen LogP contribution >= 0.6 is 0 Å². The van der Waals surface area contributed by atoms with Crippen molar-refractivity contribution in [3.63, 3.8) is 0 Å². The fourth-order valence-corrected chi connectivity index (χ4v) is 1.47. The standard InChI is InChI=1S/C14H22N2O/c1-3-5-6-10-17-12-14-9-7-8-13(16-14)11-15-4-2/h3,7-9,15H,1,4-6,10-12H2,2H3. The van der Waals surface area contributed by atoms with Crippen LogP contribution in [-0.2, 0) is 17.9 Å². The summed E-state index contributed by atoms with van der Waals surface area (Å²) in [5.41, 5.74) is 2.07. The van der Waals surface area contributed by atoms with E-state index in [9.17, 15) is 0 Å². The first-order chi connectivity index (χ1) is 8.36. The van der Waals surface area contributed by atoms with E-state index in [0.717, 1.165) is 43.9 Å². The molecule has 3 heteroatoms. The summed E-state index contributed by atoms with van der Waals surface area (Å²) in [6, 6.07) is 6.06. The molecule has 1 aromatic rings. The zero-order valence-corrected chi connectivity index (χ0v) is 10.6. The average molecular weight is 234 g/mol. The molecule has 0 unspecified atom stereocenters. The van der Waals surface area contributed by atoms with Gasteiger partial charge >= 0.3 is 0 Å². The van der Waals surface area contributed by atoms with Gasteiger partial charge in [0.15, 0.2) is 0 Å². The SMILES string of the molecule is C=CCCCOCc1cccc(CNCC)n1. The van der Waals surface area contributed by atoms with Crippen molar-refractivity contribution >= 4 is 0 Å². The molecule has 0 aromatic carbocycles. The number of unbranched alkanes of at least 4 members (excludes halogenated alkanes) is 1. The number of nitrogens with one attached hydrogen (secondary N) is 1. The van der Waals surface area contributed by atoms with Gasteiger partial charge in [-0.25, -0.2) is 0 Å². The molecule has 94 valence electrons. The summed E-state index contributed by atoms with van der Waals surface area (Å²) in [7, 11) is 0. The number of hydrogen-bond acceptors (Lipinski definition) is 3. The largest absolute Gasteiger partial charge is 0.375 e. The van der Waals surface area contributed by atoms with Gasteiger partial charge in [-0.05, 0) is 31.5 Å². The Bertz CT molecular complexity index is 326. The highest BCUT2D eigenvalue weighted by Crippen LogP contribution is 2.02. The minimum Gasteiger partial charge on any atom is -0.375 e. The summed E-state index contributed by atoms with van der Waals surface area (Å²) in [5, 5.41) is 3.26. The maximum atomic E-state index is 5.55. The number of pyridine rings is 1. The average Bonchev–Trinajstić information content (AvgIpc) is 2.37. The summed E-state index contributed by atoms with van der Waals surface area (Å²) in [6.45, 7) is 8.92. The number of rotatable bonds is 9. The number of hydrogen-bond donors (Lipinski definition) is 1. The number of allylic oxidation sites excluding steroid dienone is 1. The molecule has 0 atom stereocenters. The maximum absolute atomic E-state index is 5.55. The molecule has 1 rings (SSSR count). The van der Waals surface area contributed by atoms with E-state index < -0.39 is 0 Å². The zero-order valence-electron chi connectivity index (χ0n) is 10.6. The molecule has 1 N–H and O–H groups in total. The van der Waals surface area contributed by atoms with Gasteiger partial charge in [-0.1, -0.05) is 19.1 Å². The van der Waals surface area contributed by atoms with E-state index in [1.165, 1.54) is 0 Å². The number of ether oxygens (including phenoxy) is 1. The van der Waals surface area contributed by atoms with Crippen LogP contribution in [0.4, 0.5) is 0 Å². The lowest BCUT2D eigenvalue weighted by atomic mass is 10.3. The molecule has 0 amide bonds. The molecular weight excluding hydrogens is 212 g/mol. The molecular formula is C14H22N2O. The summed E-state index contributed by atoms with van der Waals surface area (Å²) in [6.07, 6.45) is 3.95. The topological polar surface area (TPSA) is 34.1 Å². The van der Waals surface area contributed by atoms with Gasteiger partial charge in [0.2, 0.25) is 0 Å². The Labute approximate surface area is 104 Å². The predicted molar refractivity (Wildman–Crippen MR) is 70.7 cm³/mol. The molecule has 0 aliphatic heterocycles. The highest BCUT2D eigenvalue weighted by molar-refractivity contribution is 5.10. The van der Waals surface area contributed by atoms with Crippen molar-refractivity contribution in [2.24, 2.45) is 0 Å². The van der Waals surface area contributed by atoms with Crippen molar-refractivity contribution in [1.29, 1.82) is 0 Å². The summed E-state index contributed by atoms with van der Waals surface area (Å²) in [5.74, 6) is 0. The van der Waals surface area contributed by atoms with Gasteiger partial charge in [-0.15, -0.1) is 6.58 Å². The Hall–Kier alpha value is -1.19. The lowest BCUT2D eigenvalue weighted by Gasteiger charge is -2.06. The van der Waals surface area contributed by atoms with Crippen LogP contribution in [-0.4, -0.2) is 18.1 Å². The predicted octanol–water partition coefficient (Wildman–Crippen LogP) is 2.67. The molecule has 0 radical (unpaired) electrons. The van der Waals surface area contributed by atoms with Crippen LogP contribution in [0, 0.1) is 0 Å². The Morgan fingerprint density at radius 2 is 2.24 bits per heavy atom. The summed E-state index contributed by atoms with van der Waals surface area (Å²) >= 11 is 0. The lowest BCUT2D eigenvalue weighted by molar-refractivity contribution is 0.116. The second-order valence-corrected chi connectivity index (χ2v) is 3.88. The van der Waals surface area contributed by atoms with Gasteiger partial charge in [0.05, 0.1) is 18.0 Å². The second kappa shape index (κ2) is 8.90. The molecule has 0 saturated carbocycles. The zero-order chi connectivity index (χ0) is 12.3. The molecule has 0 aliphatic rings. The lowest BCUT2D eigenvalue weighted by Crippen LogP contribution is -2.13. The van der Waals surface area contributed by atoms with Gasteiger partial charge < -0.3 is 10.1 Å². The van der Waals surface area contributed by atoms with E-state index in [0.29, 0.717) is 6.61 Å². The molecule has 0 fully saturated rings. The molecule has 17 heavy (non-hydrogen) atoms. The molecule has 0 saturated heterocycles. The maximum Gasteiger partial charge on any atom is 0.0887 e. The van der Waals surface area contributed by atoms with E-state index in [-0.39, 0.29) is 0 Å². The highest BCUT2D eigenvalue weighted by Gasteiger charge is 1.97. The van der Waals surface area contributed by atoms with Crippen LogP contribution in [0.1, 0.15) is 31.2 Å². The minimum absolute atomic E-state index is 0.594. The Morgan fingerprint density at radius 3 is 3.00 bits per heavy atom. The third kappa shape index (κ3) is 6.19.